The lowest BCUT2D eigenvalue weighted by molar-refractivity contribution is -0.149. The zero-order chi connectivity index (χ0) is 25.2. The van der Waals surface area contributed by atoms with Gasteiger partial charge < -0.3 is 25.2 Å². The van der Waals surface area contributed by atoms with Crippen LogP contribution in [0, 0.1) is 11.3 Å². The SMILES string of the molecule is CC(C)C[C@@H](NC(=O)OCC1c2ccccc2-c2ccccc21)C(=O)NC1COCC1(C)C(=O)O. The quantitative estimate of drug-likeness (QED) is 0.533. The van der Waals surface area contributed by atoms with Gasteiger partial charge >= 0.3 is 12.1 Å². The summed E-state index contributed by atoms with van der Waals surface area (Å²) in [6.07, 6.45) is -0.302. The van der Waals surface area contributed by atoms with Crippen LogP contribution in [0.25, 0.3) is 11.1 Å². The van der Waals surface area contributed by atoms with Crippen LogP contribution in [0.4, 0.5) is 4.79 Å². The molecule has 35 heavy (non-hydrogen) atoms. The van der Waals surface area contributed by atoms with Gasteiger partial charge in [-0.2, -0.15) is 0 Å². The van der Waals surface area contributed by atoms with E-state index in [2.05, 4.69) is 22.8 Å². The van der Waals surface area contributed by atoms with E-state index in [4.69, 9.17) is 9.47 Å². The van der Waals surface area contributed by atoms with E-state index in [-0.39, 0.29) is 31.7 Å². The number of carbonyl (C=O) groups is 3. The number of ether oxygens (including phenoxy) is 2. The lowest BCUT2D eigenvalue weighted by Crippen LogP contribution is -2.55. The van der Waals surface area contributed by atoms with Crippen molar-refractivity contribution in [2.75, 3.05) is 19.8 Å². The Morgan fingerprint density at radius 2 is 1.69 bits per heavy atom. The standard InChI is InChI=1S/C27H32N2O6/c1-16(2)12-22(24(30)29-23-14-34-15-27(23,3)25(31)32)28-26(33)35-13-21-19-10-6-4-8-17(19)18-9-5-7-11-20(18)21/h4-11,16,21-23H,12-15H2,1-3H3,(H,28,33)(H,29,30)(H,31,32)/t22-,23?,27?/m1/s1. The van der Waals surface area contributed by atoms with Gasteiger partial charge in [-0.1, -0.05) is 62.4 Å². The number of amides is 2. The Kier molecular flexibility index (Phi) is 7.12. The Morgan fingerprint density at radius 1 is 1.09 bits per heavy atom. The summed E-state index contributed by atoms with van der Waals surface area (Å²) < 4.78 is 10.9. The average Bonchev–Trinajstić information content (AvgIpc) is 3.35. The van der Waals surface area contributed by atoms with E-state index in [1.54, 1.807) is 6.92 Å². The molecule has 0 radical (unpaired) electrons. The first-order chi connectivity index (χ1) is 16.7. The summed E-state index contributed by atoms with van der Waals surface area (Å²) in [5, 5.41) is 15.0. The average molecular weight is 481 g/mol. The maximum Gasteiger partial charge on any atom is 0.407 e. The van der Waals surface area contributed by atoms with Crippen LogP contribution >= 0.6 is 0 Å². The molecule has 8 nitrogen and oxygen atoms in total. The topological polar surface area (TPSA) is 114 Å². The summed E-state index contributed by atoms with van der Waals surface area (Å²) in [7, 11) is 0. The van der Waals surface area contributed by atoms with Gasteiger partial charge in [-0.05, 0) is 41.5 Å². The fourth-order valence-electron chi connectivity index (χ4n) is 4.84. The summed E-state index contributed by atoms with van der Waals surface area (Å²) in [5.74, 6) is -1.46. The van der Waals surface area contributed by atoms with Crippen LogP contribution in [0.1, 0.15) is 44.2 Å². The second kappa shape index (κ2) is 10.1. The maximum absolute atomic E-state index is 13.0. The Labute approximate surface area is 205 Å². The van der Waals surface area contributed by atoms with Crippen LogP contribution in [0.3, 0.4) is 0 Å². The van der Waals surface area contributed by atoms with Crippen molar-refractivity contribution in [2.45, 2.75) is 45.2 Å². The van der Waals surface area contributed by atoms with E-state index in [1.165, 1.54) is 0 Å². The molecule has 3 atom stereocenters. The van der Waals surface area contributed by atoms with Crippen LogP contribution in [0.5, 0.6) is 0 Å². The molecular formula is C27H32N2O6. The van der Waals surface area contributed by atoms with Gasteiger partial charge in [-0.25, -0.2) is 4.79 Å². The zero-order valence-corrected chi connectivity index (χ0v) is 20.2. The number of rotatable bonds is 8. The highest BCUT2D eigenvalue weighted by Crippen LogP contribution is 2.44. The summed E-state index contributed by atoms with van der Waals surface area (Å²) >= 11 is 0. The lowest BCUT2D eigenvalue weighted by Gasteiger charge is -2.28. The first kappa shape index (κ1) is 24.7. The predicted octanol–water partition coefficient (Wildman–Crippen LogP) is 3.55. The van der Waals surface area contributed by atoms with Crippen LogP contribution in [-0.2, 0) is 19.1 Å². The van der Waals surface area contributed by atoms with Crippen LogP contribution in [0.2, 0.25) is 0 Å². The molecule has 1 aliphatic heterocycles. The van der Waals surface area contributed by atoms with Gasteiger partial charge in [-0.3, -0.25) is 9.59 Å². The molecule has 186 valence electrons. The molecule has 2 unspecified atom stereocenters. The highest BCUT2D eigenvalue weighted by atomic mass is 16.5. The van der Waals surface area contributed by atoms with Gasteiger partial charge in [0.15, 0.2) is 0 Å². The fourth-order valence-corrected chi connectivity index (χ4v) is 4.84. The normalized spacial score (nSPS) is 21.8. The summed E-state index contributed by atoms with van der Waals surface area (Å²) in [5.41, 5.74) is 3.25. The number of carbonyl (C=O) groups excluding carboxylic acids is 2. The minimum Gasteiger partial charge on any atom is -0.481 e. The summed E-state index contributed by atoms with van der Waals surface area (Å²) in [6, 6.07) is 14.6. The van der Waals surface area contributed by atoms with E-state index in [1.807, 2.05) is 50.2 Å². The van der Waals surface area contributed by atoms with Gasteiger partial charge in [0.25, 0.3) is 0 Å². The number of nitrogens with one attached hydrogen (secondary N) is 2. The third-order valence-electron chi connectivity index (χ3n) is 6.92. The van der Waals surface area contributed by atoms with Gasteiger partial charge in [0, 0.05) is 5.92 Å². The fraction of sp³-hybridized carbons (Fsp3) is 0.444. The van der Waals surface area contributed by atoms with Gasteiger partial charge in [-0.15, -0.1) is 0 Å². The minimum absolute atomic E-state index is 0.0158. The smallest absolute Gasteiger partial charge is 0.407 e. The Balaban J connectivity index is 1.41. The molecular weight excluding hydrogens is 448 g/mol. The zero-order valence-electron chi connectivity index (χ0n) is 20.2. The van der Waals surface area contributed by atoms with Crippen molar-refractivity contribution in [3.63, 3.8) is 0 Å². The van der Waals surface area contributed by atoms with Crippen molar-refractivity contribution in [3.05, 3.63) is 59.7 Å². The molecule has 0 aromatic heterocycles. The number of hydrogen-bond acceptors (Lipinski definition) is 5. The second-order valence-electron chi connectivity index (χ2n) is 9.95. The summed E-state index contributed by atoms with van der Waals surface area (Å²) in [4.78, 5) is 37.5. The van der Waals surface area contributed by atoms with Gasteiger partial charge in [0.05, 0.1) is 19.3 Å². The highest BCUT2D eigenvalue weighted by molar-refractivity contribution is 5.87. The van der Waals surface area contributed by atoms with Crippen molar-refractivity contribution in [1.29, 1.82) is 0 Å². The molecule has 3 N–H and O–H groups in total. The molecule has 2 aromatic rings. The van der Waals surface area contributed by atoms with E-state index >= 15 is 0 Å². The molecule has 4 rings (SSSR count). The highest BCUT2D eigenvalue weighted by Gasteiger charge is 2.48. The Bertz CT molecular complexity index is 1070. The first-order valence-corrected chi connectivity index (χ1v) is 11.9. The van der Waals surface area contributed by atoms with Gasteiger partial charge in [0.2, 0.25) is 5.91 Å². The van der Waals surface area contributed by atoms with E-state index in [0.29, 0.717) is 6.42 Å². The number of carboxylic acids is 1. The van der Waals surface area contributed by atoms with Crippen LogP contribution in [-0.4, -0.2) is 55.0 Å². The van der Waals surface area contributed by atoms with Crippen molar-refractivity contribution in [1.82, 2.24) is 10.6 Å². The lowest BCUT2D eigenvalue weighted by atomic mass is 9.85. The molecule has 0 bridgehead atoms. The number of benzene rings is 2. The maximum atomic E-state index is 13.0. The molecule has 2 aromatic carbocycles. The Hall–Kier alpha value is -3.39. The minimum atomic E-state index is -1.22. The molecule has 0 saturated carbocycles. The summed E-state index contributed by atoms with van der Waals surface area (Å²) in [6.45, 7) is 5.70. The van der Waals surface area contributed by atoms with Crippen LogP contribution in [0.15, 0.2) is 48.5 Å². The molecule has 8 heteroatoms. The molecule has 1 fully saturated rings. The molecule has 1 heterocycles. The number of hydrogen-bond donors (Lipinski definition) is 3. The van der Waals surface area contributed by atoms with Crippen molar-refractivity contribution >= 4 is 18.0 Å². The Morgan fingerprint density at radius 3 is 2.26 bits per heavy atom. The largest absolute Gasteiger partial charge is 0.481 e. The molecule has 1 saturated heterocycles. The molecule has 2 amide bonds. The monoisotopic (exact) mass is 480 g/mol. The third-order valence-corrected chi connectivity index (χ3v) is 6.92. The molecule has 1 aliphatic carbocycles. The van der Waals surface area contributed by atoms with Crippen molar-refractivity contribution in [3.8, 4) is 11.1 Å². The first-order valence-electron chi connectivity index (χ1n) is 11.9. The van der Waals surface area contributed by atoms with Crippen LogP contribution < -0.4 is 10.6 Å². The van der Waals surface area contributed by atoms with E-state index in [0.717, 1.165) is 22.3 Å². The van der Waals surface area contributed by atoms with Crippen molar-refractivity contribution in [2.24, 2.45) is 11.3 Å². The second-order valence-corrected chi connectivity index (χ2v) is 9.95. The molecule has 2 aliphatic rings. The molecule has 0 spiro atoms. The van der Waals surface area contributed by atoms with Gasteiger partial charge in [0.1, 0.15) is 18.1 Å². The van der Waals surface area contributed by atoms with E-state index in [9.17, 15) is 19.5 Å². The third kappa shape index (κ3) is 5.03. The number of fused-ring (bicyclic) bond motifs is 3. The number of aliphatic carboxylic acids is 1. The predicted molar refractivity (Wildman–Crippen MR) is 130 cm³/mol. The van der Waals surface area contributed by atoms with E-state index < -0.39 is 35.5 Å². The number of alkyl carbamates (subject to hydrolysis) is 1. The van der Waals surface area contributed by atoms with Crippen molar-refractivity contribution < 1.29 is 29.0 Å². The number of carboxylic acid groups (broad SMARTS) is 1.